The molecule has 0 saturated carbocycles. The lowest BCUT2D eigenvalue weighted by Crippen LogP contribution is -2.42. The zero-order valence-corrected chi connectivity index (χ0v) is 12.7. The second-order valence-corrected chi connectivity index (χ2v) is 5.17. The molecule has 0 saturated heterocycles. The summed E-state index contributed by atoms with van der Waals surface area (Å²) in [5.41, 5.74) is 0.586. The molecule has 124 valence electrons. The fourth-order valence-corrected chi connectivity index (χ4v) is 2.16. The van der Waals surface area contributed by atoms with Crippen LogP contribution in [0.15, 0.2) is 12.1 Å². The Morgan fingerprint density at radius 3 is 2.45 bits per heavy atom. The summed E-state index contributed by atoms with van der Waals surface area (Å²) in [6.07, 6.45) is -3.92. The summed E-state index contributed by atoms with van der Waals surface area (Å²) < 4.78 is 0. The van der Waals surface area contributed by atoms with Crippen molar-refractivity contribution in [1.29, 1.82) is 0 Å². The van der Waals surface area contributed by atoms with Gasteiger partial charge in [-0.2, -0.15) is 0 Å². The van der Waals surface area contributed by atoms with Crippen LogP contribution in [0.1, 0.15) is 12.5 Å². The third-order valence-electron chi connectivity index (χ3n) is 3.22. The van der Waals surface area contributed by atoms with Crippen LogP contribution in [0.2, 0.25) is 5.02 Å². The van der Waals surface area contributed by atoms with Gasteiger partial charge in [0.05, 0.1) is 22.7 Å². The maximum absolute atomic E-state index is 11.0. The minimum atomic E-state index is -1.57. The van der Waals surface area contributed by atoms with Crippen molar-refractivity contribution in [3.63, 3.8) is 0 Å². The molecule has 0 fully saturated rings. The molecule has 0 aliphatic rings. The Morgan fingerprint density at radius 2 is 1.95 bits per heavy atom. The highest BCUT2D eigenvalue weighted by molar-refractivity contribution is 6.31. The average Bonchev–Trinajstić information content (AvgIpc) is 2.51. The van der Waals surface area contributed by atoms with Crippen LogP contribution in [-0.4, -0.2) is 56.8 Å². The summed E-state index contributed by atoms with van der Waals surface area (Å²) in [5, 5.41) is 51.2. The first-order chi connectivity index (χ1) is 10.3. The molecular weight excluding hydrogens is 316 g/mol. The summed E-state index contributed by atoms with van der Waals surface area (Å²) in [6, 6.07) is 2.72. The average molecular weight is 335 g/mol. The van der Waals surface area contributed by atoms with Crippen LogP contribution in [0.4, 0.5) is 11.4 Å². The molecule has 0 amide bonds. The van der Waals surface area contributed by atoms with Crippen molar-refractivity contribution in [3.8, 4) is 0 Å². The Hall–Kier alpha value is -1.45. The first kappa shape index (κ1) is 18.6. The van der Waals surface area contributed by atoms with Gasteiger partial charge >= 0.3 is 0 Å². The molecule has 1 rings (SSSR count). The fraction of sp³-hybridized carbons (Fsp3) is 0.538. The smallest absolute Gasteiger partial charge is 0.293 e. The lowest BCUT2D eigenvalue weighted by Gasteiger charge is -2.22. The number of nitro benzene ring substituents is 1. The van der Waals surface area contributed by atoms with Gasteiger partial charge in [0, 0.05) is 12.6 Å². The van der Waals surface area contributed by atoms with Gasteiger partial charge in [0.25, 0.3) is 5.69 Å². The Morgan fingerprint density at radius 1 is 1.32 bits per heavy atom. The standard InChI is InChI=1S/C13H19ClN2O6/c1-2-7-3-9(10(16(21)22)4-8(7)14)15-5-11(18)13(20)12(19)6-17/h3-4,11-13,15,17-20H,2,5-6H2,1H3. The van der Waals surface area contributed by atoms with Crippen molar-refractivity contribution >= 4 is 23.0 Å². The van der Waals surface area contributed by atoms with Crippen LogP contribution in [0.5, 0.6) is 0 Å². The molecule has 0 bridgehead atoms. The number of aryl methyl sites for hydroxylation is 1. The van der Waals surface area contributed by atoms with Gasteiger partial charge in [0.2, 0.25) is 0 Å². The number of aliphatic hydroxyl groups is 4. The largest absolute Gasteiger partial charge is 0.394 e. The van der Waals surface area contributed by atoms with E-state index in [1.54, 1.807) is 0 Å². The molecule has 0 aliphatic heterocycles. The van der Waals surface area contributed by atoms with Crippen molar-refractivity contribution in [2.24, 2.45) is 0 Å². The van der Waals surface area contributed by atoms with Gasteiger partial charge in [-0.3, -0.25) is 10.1 Å². The van der Waals surface area contributed by atoms with E-state index in [2.05, 4.69) is 5.32 Å². The third kappa shape index (κ3) is 4.52. The molecule has 1 aromatic rings. The van der Waals surface area contributed by atoms with Crippen LogP contribution in [0, 0.1) is 10.1 Å². The second-order valence-electron chi connectivity index (χ2n) is 4.76. The zero-order valence-electron chi connectivity index (χ0n) is 11.9. The van der Waals surface area contributed by atoms with E-state index in [9.17, 15) is 25.4 Å². The Bertz CT molecular complexity index is 527. The lowest BCUT2D eigenvalue weighted by atomic mass is 10.1. The van der Waals surface area contributed by atoms with Crippen molar-refractivity contribution in [3.05, 3.63) is 32.8 Å². The van der Waals surface area contributed by atoms with E-state index in [1.165, 1.54) is 12.1 Å². The van der Waals surface area contributed by atoms with Gasteiger partial charge in [-0.15, -0.1) is 0 Å². The van der Waals surface area contributed by atoms with Crippen LogP contribution in [0.25, 0.3) is 0 Å². The van der Waals surface area contributed by atoms with E-state index in [0.29, 0.717) is 12.0 Å². The van der Waals surface area contributed by atoms with Gasteiger partial charge in [-0.05, 0) is 18.1 Å². The van der Waals surface area contributed by atoms with Gasteiger partial charge in [0.15, 0.2) is 0 Å². The number of nitro groups is 1. The number of nitrogens with one attached hydrogen (secondary N) is 1. The topological polar surface area (TPSA) is 136 Å². The Kier molecular flexibility index (Phi) is 6.98. The van der Waals surface area contributed by atoms with Crippen molar-refractivity contribution in [1.82, 2.24) is 0 Å². The molecule has 3 unspecified atom stereocenters. The predicted molar refractivity (Wildman–Crippen MR) is 81.1 cm³/mol. The third-order valence-corrected chi connectivity index (χ3v) is 3.57. The second kappa shape index (κ2) is 8.25. The van der Waals surface area contributed by atoms with Crippen LogP contribution >= 0.6 is 11.6 Å². The molecule has 0 aromatic heterocycles. The van der Waals surface area contributed by atoms with Crippen molar-refractivity contribution in [2.75, 3.05) is 18.5 Å². The van der Waals surface area contributed by atoms with Gasteiger partial charge in [0.1, 0.15) is 17.9 Å². The fourth-order valence-electron chi connectivity index (χ4n) is 1.87. The minimum Gasteiger partial charge on any atom is -0.394 e. The maximum atomic E-state index is 11.0. The van der Waals surface area contributed by atoms with Crippen LogP contribution < -0.4 is 5.32 Å². The molecule has 0 heterocycles. The van der Waals surface area contributed by atoms with Gasteiger partial charge in [-0.25, -0.2) is 0 Å². The minimum absolute atomic E-state index is 0.149. The molecule has 5 N–H and O–H groups in total. The first-order valence-electron chi connectivity index (χ1n) is 6.67. The molecule has 1 aromatic carbocycles. The first-order valence-corrected chi connectivity index (χ1v) is 7.05. The predicted octanol–water partition coefficient (Wildman–Crippen LogP) is 0.298. The van der Waals surface area contributed by atoms with E-state index in [1.807, 2.05) is 6.92 Å². The molecule has 3 atom stereocenters. The number of aliphatic hydroxyl groups excluding tert-OH is 4. The van der Waals surface area contributed by atoms with Crippen molar-refractivity contribution in [2.45, 2.75) is 31.7 Å². The maximum Gasteiger partial charge on any atom is 0.293 e. The van der Waals surface area contributed by atoms with E-state index in [0.717, 1.165) is 0 Å². The molecule has 9 heteroatoms. The SMILES string of the molecule is CCc1cc(NCC(O)C(O)C(O)CO)c([N+](=O)[O-])cc1Cl. The number of hydrogen-bond acceptors (Lipinski definition) is 7. The van der Waals surface area contributed by atoms with E-state index < -0.39 is 29.8 Å². The number of rotatable bonds is 8. The monoisotopic (exact) mass is 334 g/mol. The van der Waals surface area contributed by atoms with E-state index in [-0.39, 0.29) is 22.9 Å². The van der Waals surface area contributed by atoms with Crippen LogP contribution in [-0.2, 0) is 6.42 Å². The molecule has 22 heavy (non-hydrogen) atoms. The molecule has 8 nitrogen and oxygen atoms in total. The van der Waals surface area contributed by atoms with E-state index in [4.69, 9.17) is 16.7 Å². The zero-order chi connectivity index (χ0) is 16.9. The summed E-state index contributed by atoms with van der Waals surface area (Å²) in [6.45, 7) is 0.885. The lowest BCUT2D eigenvalue weighted by molar-refractivity contribution is -0.384. The Labute approximate surface area is 132 Å². The summed E-state index contributed by atoms with van der Waals surface area (Å²) in [7, 11) is 0. The normalized spacial score (nSPS) is 15.2. The number of halogens is 1. The number of benzene rings is 1. The molecular formula is C13H19ClN2O6. The Balaban J connectivity index is 2.90. The molecule has 0 radical (unpaired) electrons. The summed E-state index contributed by atoms with van der Waals surface area (Å²) in [5.74, 6) is 0. The number of nitrogens with zero attached hydrogens (tertiary/aromatic N) is 1. The highest BCUT2D eigenvalue weighted by Gasteiger charge is 2.25. The molecule has 0 spiro atoms. The van der Waals surface area contributed by atoms with E-state index >= 15 is 0 Å². The number of anilines is 1. The highest BCUT2D eigenvalue weighted by Crippen LogP contribution is 2.31. The summed E-state index contributed by atoms with van der Waals surface area (Å²) >= 11 is 5.94. The highest BCUT2D eigenvalue weighted by atomic mass is 35.5. The quantitative estimate of drug-likeness (QED) is 0.340. The van der Waals surface area contributed by atoms with Gasteiger partial charge in [-0.1, -0.05) is 18.5 Å². The van der Waals surface area contributed by atoms with Crippen LogP contribution in [0.3, 0.4) is 0 Å². The summed E-state index contributed by atoms with van der Waals surface area (Å²) in [4.78, 5) is 10.4. The number of hydrogen-bond donors (Lipinski definition) is 5. The molecule has 0 aliphatic carbocycles. The van der Waals surface area contributed by atoms with Crippen molar-refractivity contribution < 1.29 is 25.3 Å². The van der Waals surface area contributed by atoms with Gasteiger partial charge < -0.3 is 25.7 Å².